The van der Waals surface area contributed by atoms with Gasteiger partial charge >= 0.3 is 0 Å². The minimum absolute atomic E-state index is 0.524. The summed E-state index contributed by atoms with van der Waals surface area (Å²) < 4.78 is 0. The lowest BCUT2D eigenvalue weighted by Gasteiger charge is -2.60. The molecular weight excluding hydrogens is 360 g/mol. The van der Waals surface area contributed by atoms with Crippen molar-refractivity contribution in [2.24, 2.45) is 52.3 Å². The van der Waals surface area contributed by atoms with E-state index in [9.17, 15) is 0 Å². The third-order valence-corrected chi connectivity index (χ3v) is 11.9. The molecule has 9 rings (SSSR count). The van der Waals surface area contributed by atoms with Crippen LogP contribution in [0.3, 0.4) is 0 Å². The summed E-state index contributed by atoms with van der Waals surface area (Å²) in [4.78, 5) is 0. The van der Waals surface area contributed by atoms with Gasteiger partial charge in [-0.2, -0.15) is 0 Å². The Morgan fingerprint density at radius 1 is 0.933 bits per heavy atom. The molecule has 30 heavy (non-hydrogen) atoms. The Kier molecular flexibility index (Phi) is 2.40. The predicted octanol–water partition coefficient (Wildman–Crippen LogP) is 6.93. The highest BCUT2D eigenvalue weighted by molar-refractivity contribution is 5.87. The molecule has 1 aromatic rings. The maximum atomic E-state index is 4.69. The Labute approximate surface area is 179 Å². The fourth-order valence-corrected chi connectivity index (χ4v) is 11.8. The van der Waals surface area contributed by atoms with Gasteiger partial charge in [0.1, 0.15) is 0 Å². The van der Waals surface area contributed by atoms with Crippen LogP contribution in [0.1, 0.15) is 55.6 Å². The van der Waals surface area contributed by atoms with Gasteiger partial charge in [0.05, 0.1) is 0 Å². The van der Waals surface area contributed by atoms with Crippen LogP contribution in [0, 0.1) is 52.3 Å². The molecule has 1 aromatic carbocycles. The van der Waals surface area contributed by atoms with Crippen LogP contribution in [0.5, 0.6) is 0 Å². The normalized spacial score (nSPS) is 54.7. The second kappa shape index (κ2) is 4.52. The second-order valence-electron chi connectivity index (χ2n) is 12.2. The molecule has 2 spiro atoms. The fraction of sp³-hybridized carbons (Fsp3) is 0.533. The molecule has 0 heteroatoms. The van der Waals surface area contributed by atoms with E-state index in [1.807, 2.05) is 5.57 Å². The van der Waals surface area contributed by atoms with Crippen molar-refractivity contribution in [3.05, 3.63) is 77.4 Å². The molecule has 0 amide bonds. The van der Waals surface area contributed by atoms with Crippen LogP contribution in [0.25, 0.3) is 5.57 Å². The molecular formula is C30H30. The van der Waals surface area contributed by atoms with Gasteiger partial charge in [-0.25, -0.2) is 0 Å². The molecule has 5 saturated carbocycles. The first-order valence-electron chi connectivity index (χ1n) is 12.6. The van der Waals surface area contributed by atoms with E-state index in [4.69, 9.17) is 6.58 Å². The first kappa shape index (κ1) is 15.9. The zero-order valence-corrected chi connectivity index (χ0v) is 17.7. The first-order chi connectivity index (χ1) is 14.7. The molecule has 0 saturated heterocycles. The lowest BCUT2D eigenvalue weighted by molar-refractivity contribution is -0.0440. The molecule has 0 aliphatic heterocycles. The Bertz CT molecular complexity index is 1160. The lowest BCUT2D eigenvalue weighted by Crippen LogP contribution is -2.55. The average molecular weight is 391 g/mol. The van der Waals surface area contributed by atoms with Crippen molar-refractivity contribution in [1.82, 2.24) is 0 Å². The summed E-state index contributed by atoms with van der Waals surface area (Å²) >= 11 is 0. The molecule has 2 bridgehead atoms. The maximum Gasteiger partial charge on any atom is 0.0123 e. The van der Waals surface area contributed by atoms with Crippen molar-refractivity contribution < 1.29 is 0 Å². The van der Waals surface area contributed by atoms with Gasteiger partial charge in [-0.15, -0.1) is 0 Å². The quantitative estimate of drug-likeness (QED) is 0.421. The van der Waals surface area contributed by atoms with Gasteiger partial charge < -0.3 is 0 Å². The molecule has 0 N–H and O–H groups in total. The van der Waals surface area contributed by atoms with Gasteiger partial charge in [0.2, 0.25) is 0 Å². The van der Waals surface area contributed by atoms with E-state index in [0.717, 1.165) is 41.9 Å². The first-order valence-corrected chi connectivity index (χ1v) is 12.6. The predicted molar refractivity (Wildman–Crippen MR) is 121 cm³/mol. The summed E-state index contributed by atoms with van der Waals surface area (Å²) in [6.07, 6.45) is 13.4. The van der Waals surface area contributed by atoms with Crippen LogP contribution in [0.4, 0.5) is 0 Å². The van der Waals surface area contributed by atoms with Gasteiger partial charge in [0, 0.05) is 17.3 Å². The van der Waals surface area contributed by atoms with E-state index >= 15 is 0 Å². The third kappa shape index (κ3) is 1.25. The van der Waals surface area contributed by atoms with Crippen LogP contribution in [-0.4, -0.2) is 0 Å². The molecule has 0 radical (unpaired) electrons. The molecule has 0 heterocycles. The van der Waals surface area contributed by atoms with E-state index in [-0.39, 0.29) is 0 Å². The highest BCUT2D eigenvalue weighted by Crippen LogP contribution is 2.99. The zero-order valence-electron chi connectivity index (χ0n) is 17.7. The summed E-state index contributed by atoms with van der Waals surface area (Å²) in [5.41, 5.74) is 11.2. The lowest BCUT2D eigenvalue weighted by atomic mass is 9.42. The fourth-order valence-electron chi connectivity index (χ4n) is 11.8. The zero-order chi connectivity index (χ0) is 19.6. The summed E-state index contributed by atoms with van der Waals surface area (Å²) in [6.45, 7) is 9.36. The molecule has 10 unspecified atom stereocenters. The highest BCUT2D eigenvalue weighted by Gasteiger charge is 2.95. The van der Waals surface area contributed by atoms with Crippen LogP contribution in [0.2, 0.25) is 0 Å². The molecule has 8 aliphatic rings. The monoisotopic (exact) mass is 390 g/mol. The van der Waals surface area contributed by atoms with Crippen molar-refractivity contribution in [2.75, 3.05) is 0 Å². The van der Waals surface area contributed by atoms with Gasteiger partial charge in [0.15, 0.2) is 0 Å². The van der Waals surface area contributed by atoms with Crippen LogP contribution < -0.4 is 0 Å². The minimum Gasteiger partial charge on any atom is -0.0992 e. The van der Waals surface area contributed by atoms with Crippen molar-refractivity contribution in [3.63, 3.8) is 0 Å². The van der Waals surface area contributed by atoms with Crippen LogP contribution >= 0.6 is 0 Å². The van der Waals surface area contributed by atoms with E-state index in [0.29, 0.717) is 22.7 Å². The van der Waals surface area contributed by atoms with E-state index in [1.165, 1.54) is 43.3 Å². The van der Waals surface area contributed by atoms with Gasteiger partial charge in [-0.1, -0.05) is 66.3 Å². The van der Waals surface area contributed by atoms with Gasteiger partial charge in [-0.3, -0.25) is 0 Å². The molecule has 10 atom stereocenters. The summed E-state index contributed by atoms with van der Waals surface area (Å²) in [5.74, 6) is 6.61. The van der Waals surface area contributed by atoms with Crippen LogP contribution in [0.15, 0.2) is 66.3 Å². The Balaban J connectivity index is 1.42. The smallest absolute Gasteiger partial charge is 0.0123 e. The Morgan fingerprint density at radius 3 is 2.73 bits per heavy atom. The minimum atomic E-state index is 0.524. The third-order valence-electron chi connectivity index (χ3n) is 11.9. The topological polar surface area (TPSA) is 0 Å². The van der Waals surface area contributed by atoms with Crippen molar-refractivity contribution in [3.8, 4) is 0 Å². The number of fused-ring (bicyclic) bond motifs is 11. The molecule has 5 fully saturated rings. The van der Waals surface area contributed by atoms with Crippen LogP contribution in [-0.2, 0) is 0 Å². The SMILES string of the molecule is C=C1CC(=C)C2C1C1=C3C(c4ccccc41)C1CCC(C1)C1C45CC=CCC4C2C315. The van der Waals surface area contributed by atoms with E-state index in [1.54, 1.807) is 16.7 Å². The number of hydrogen-bond donors (Lipinski definition) is 0. The number of rotatable bonds is 0. The maximum absolute atomic E-state index is 4.69. The Hall–Kier alpha value is -1.82. The van der Waals surface area contributed by atoms with Crippen molar-refractivity contribution in [2.45, 2.75) is 44.4 Å². The largest absolute Gasteiger partial charge is 0.0992 e. The second-order valence-corrected chi connectivity index (χ2v) is 12.2. The molecule has 8 aliphatic carbocycles. The standard InChI is InChI=1S/C30H30/c1-15-13-16(2)23-22(15)25-20-8-4-3-7-19(20)24-17-10-11-18(14-17)28-29-12-6-5-9-21(29)26(23)30(28,29)27(24)25/h3-8,17-18,21-24,26,28H,1-2,9-14H2. The highest BCUT2D eigenvalue weighted by atomic mass is 15.0. The number of benzene rings is 1. The van der Waals surface area contributed by atoms with E-state index in [2.05, 4.69) is 43.0 Å². The van der Waals surface area contributed by atoms with Gasteiger partial charge in [-0.05, 0) is 96.1 Å². The molecule has 150 valence electrons. The summed E-state index contributed by atoms with van der Waals surface area (Å²) in [5, 5.41) is 0. The molecule has 0 aromatic heterocycles. The summed E-state index contributed by atoms with van der Waals surface area (Å²) in [6, 6.07) is 9.59. The number of hydrogen-bond acceptors (Lipinski definition) is 0. The van der Waals surface area contributed by atoms with Crippen molar-refractivity contribution in [1.29, 1.82) is 0 Å². The molecule has 0 nitrogen and oxygen atoms in total. The number of allylic oxidation sites excluding steroid dienone is 6. The Morgan fingerprint density at radius 2 is 1.80 bits per heavy atom. The van der Waals surface area contributed by atoms with E-state index < -0.39 is 0 Å². The average Bonchev–Trinajstić information content (AvgIpc) is 3.18. The van der Waals surface area contributed by atoms with Gasteiger partial charge in [0.25, 0.3) is 0 Å². The van der Waals surface area contributed by atoms with Crippen molar-refractivity contribution >= 4 is 5.57 Å². The summed E-state index contributed by atoms with van der Waals surface area (Å²) in [7, 11) is 0.